The molecule has 0 aliphatic carbocycles. The zero-order chi connectivity index (χ0) is 49.5. The molecule has 370 valence electrons. The van der Waals surface area contributed by atoms with E-state index in [4.69, 9.17) is 25.9 Å². The normalized spacial score (nSPS) is 16.9. The third kappa shape index (κ3) is 20.9. The number of nitrogens with zero attached hydrogens (tertiary/aromatic N) is 2. The molecule has 3 fully saturated rings. The lowest BCUT2D eigenvalue weighted by atomic mass is 9.99. The molecule has 3 aromatic rings. The number of nitrogens with one attached hydrogen (secondary N) is 1. The predicted molar refractivity (Wildman–Crippen MR) is 247 cm³/mol. The van der Waals surface area contributed by atoms with E-state index in [9.17, 15) is 48.0 Å². The molecule has 3 aromatic carbocycles. The zero-order valence-electron chi connectivity index (χ0n) is 38.4. The lowest BCUT2D eigenvalue weighted by Crippen LogP contribution is -2.44. The molecule has 3 aliphatic heterocycles. The van der Waals surface area contributed by atoms with Gasteiger partial charge in [-0.25, -0.2) is 48.0 Å². The van der Waals surface area contributed by atoms with Crippen LogP contribution in [0.3, 0.4) is 0 Å². The lowest BCUT2D eigenvalue weighted by Gasteiger charge is -2.33. The minimum absolute atomic E-state index is 0.0147. The fourth-order valence-electron chi connectivity index (χ4n) is 6.76. The second-order valence-corrected chi connectivity index (χ2v) is 24.9. The van der Waals surface area contributed by atoms with Gasteiger partial charge in [0.15, 0.2) is 19.7 Å². The first kappa shape index (κ1) is 56.4. The molecule has 0 unspecified atom stereocenters. The average Bonchev–Trinajstić information content (AvgIpc) is 3.21. The number of nitrogens with two attached hydrogens (primary N) is 1. The van der Waals surface area contributed by atoms with Crippen LogP contribution in [0.5, 0.6) is 0 Å². The number of sulfone groups is 2. The van der Waals surface area contributed by atoms with Crippen LogP contribution in [-0.4, -0.2) is 115 Å². The molecule has 66 heavy (non-hydrogen) atoms. The number of benzene rings is 3. The molecule has 0 radical (unpaired) electrons. The van der Waals surface area contributed by atoms with Crippen molar-refractivity contribution in [2.45, 2.75) is 112 Å². The van der Waals surface area contributed by atoms with Crippen LogP contribution in [0.25, 0.3) is 0 Å². The minimum atomic E-state index is -3.71. The van der Waals surface area contributed by atoms with Crippen LogP contribution in [0.4, 0.5) is 22.8 Å². The quantitative estimate of drug-likeness (QED) is 0.171. The lowest BCUT2D eigenvalue weighted by molar-refractivity contribution is 0.0185. The number of hydrogen-bond donors (Lipinski definition) is 2. The number of rotatable bonds is 7. The first-order valence-corrected chi connectivity index (χ1v) is 27.2. The van der Waals surface area contributed by atoms with E-state index in [1.807, 2.05) is 41.5 Å². The molecule has 2 amide bonds. The molecule has 0 spiro atoms. The smallest absolute Gasteiger partial charge is 0.410 e. The topological polar surface area (TPSA) is 200 Å². The maximum Gasteiger partial charge on any atom is 0.410 e. The van der Waals surface area contributed by atoms with Gasteiger partial charge >= 0.3 is 12.2 Å². The van der Waals surface area contributed by atoms with E-state index in [2.05, 4.69) is 5.32 Å². The van der Waals surface area contributed by atoms with Gasteiger partial charge in [0.05, 0.1) is 26.2 Å². The molecular weight excluding hydrogens is 945 g/mol. The van der Waals surface area contributed by atoms with Crippen molar-refractivity contribution >= 4 is 51.6 Å². The number of halogens is 4. The van der Waals surface area contributed by atoms with Crippen molar-refractivity contribution in [3.63, 3.8) is 0 Å². The molecule has 3 N–H and O–H groups in total. The van der Waals surface area contributed by atoms with Gasteiger partial charge < -0.3 is 30.3 Å². The Morgan fingerprint density at radius 2 is 0.879 bits per heavy atom. The summed E-state index contributed by atoms with van der Waals surface area (Å²) >= 11 is 0. The Labute approximate surface area is 393 Å². The van der Waals surface area contributed by atoms with Gasteiger partial charge in [0.2, 0.25) is 0 Å². The Balaban J connectivity index is 0.000000243. The van der Waals surface area contributed by atoms with E-state index in [0.29, 0.717) is 25.9 Å². The predicted octanol–water partition coefficient (Wildman–Crippen LogP) is 7.94. The number of amides is 2. The largest absolute Gasteiger partial charge is 0.444 e. The van der Waals surface area contributed by atoms with Gasteiger partial charge in [0.1, 0.15) is 28.7 Å². The van der Waals surface area contributed by atoms with Crippen molar-refractivity contribution in [2.75, 3.05) is 50.8 Å². The Hall–Kier alpha value is -3.95. The van der Waals surface area contributed by atoms with Crippen molar-refractivity contribution < 1.29 is 57.5 Å². The van der Waals surface area contributed by atoms with E-state index < -0.39 is 57.4 Å². The van der Waals surface area contributed by atoms with E-state index in [0.717, 1.165) is 88.3 Å². The molecule has 0 bridgehead atoms. The van der Waals surface area contributed by atoms with E-state index in [-0.39, 0.29) is 56.3 Å². The Bertz CT molecular complexity index is 2330. The van der Waals surface area contributed by atoms with Crippen LogP contribution in [0.2, 0.25) is 0 Å². The summed E-state index contributed by atoms with van der Waals surface area (Å²) in [5, 5.41) is 3.20. The van der Waals surface area contributed by atoms with Crippen LogP contribution in [-0.2, 0) is 38.2 Å². The minimum Gasteiger partial charge on any atom is -0.444 e. The second kappa shape index (κ2) is 24.9. The standard InChI is InChI=1S/C17H24FNO4S.C12H16FNO2S.C10H20N2O2.C6H4ClFO2S/c1-17(2,3)23-16(20)19-10-8-13(9-11-19)12-24(21,22)15-6-4-14(18)5-7-15;13-11-1-3-12(4-2-11)17(15,16)9-10-5-7-14-8-6-10;1-10(2,3)14-9(13)12-6-4-8(11)5-7-12;7-11(9,10)6-3-1-5(8)2-4-6/h4-7,13H,8-12H2,1-3H3;1-4,10,14H,5-9H2;8H,4-7,11H2,1-3H3;1-4H. The highest BCUT2D eigenvalue weighted by Gasteiger charge is 2.30. The highest BCUT2D eigenvalue weighted by atomic mass is 35.7. The van der Waals surface area contributed by atoms with Crippen molar-refractivity contribution in [3.8, 4) is 0 Å². The SMILES string of the molecule is CC(C)(C)OC(=O)N1CCC(CS(=O)(=O)c2ccc(F)cc2)CC1.CC(C)(C)OC(=O)N1CCC(N)CC1.O=S(=O)(CC1CCNCC1)c1ccc(F)cc1.O=S(=O)(Cl)c1ccc(F)cc1. The molecule has 0 aromatic heterocycles. The first-order chi connectivity index (χ1) is 30.5. The molecule has 0 atom stereocenters. The van der Waals surface area contributed by atoms with Crippen molar-refractivity contribution in [1.82, 2.24) is 15.1 Å². The van der Waals surface area contributed by atoms with Gasteiger partial charge in [-0.05, 0) is 178 Å². The molecule has 0 saturated carbocycles. The van der Waals surface area contributed by atoms with Crippen molar-refractivity contribution in [3.05, 3.63) is 90.2 Å². The molecule has 3 aliphatic rings. The summed E-state index contributed by atoms with van der Waals surface area (Å²) in [6, 6.07) is 14.5. The number of carbonyl (C=O) groups excluding carboxylic acids is 2. The Kier molecular flexibility index (Phi) is 21.3. The first-order valence-electron chi connectivity index (χ1n) is 21.6. The van der Waals surface area contributed by atoms with Gasteiger partial charge in [-0.2, -0.15) is 0 Å². The maximum absolute atomic E-state index is 12.9. The van der Waals surface area contributed by atoms with E-state index in [1.54, 1.807) is 9.80 Å². The van der Waals surface area contributed by atoms with Gasteiger partial charge in [-0.3, -0.25) is 0 Å². The van der Waals surface area contributed by atoms with Crippen LogP contribution in [0.1, 0.15) is 80.1 Å². The van der Waals surface area contributed by atoms with Gasteiger partial charge in [-0.15, -0.1) is 0 Å². The highest BCUT2D eigenvalue weighted by molar-refractivity contribution is 8.13. The second-order valence-electron chi connectivity index (χ2n) is 18.3. The summed E-state index contributed by atoms with van der Waals surface area (Å²) in [6.45, 7) is 15.2. The summed E-state index contributed by atoms with van der Waals surface area (Å²) in [7, 11) is -5.47. The molecule has 3 saturated heterocycles. The average molecular weight is 1010 g/mol. The van der Waals surface area contributed by atoms with Crippen LogP contribution >= 0.6 is 10.7 Å². The Morgan fingerprint density at radius 3 is 1.20 bits per heavy atom. The summed E-state index contributed by atoms with van der Waals surface area (Å²) < 4.78 is 119. The van der Waals surface area contributed by atoms with Gasteiger partial charge in [0.25, 0.3) is 9.05 Å². The molecule has 21 heteroatoms. The number of carbonyl (C=O) groups is 2. The maximum atomic E-state index is 12.9. The van der Waals surface area contributed by atoms with Crippen LogP contribution in [0, 0.1) is 29.3 Å². The number of ether oxygens (including phenoxy) is 2. The van der Waals surface area contributed by atoms with Gasteiger partial charge in [-0.1, -0.05) is 0 Å². The van der Waals surface area contributed by atoms with E-state index >= 15 is 0 Å². The number of likely N-dealkylation sites (tertiary alicyclic amines) is 2. The third-order valence-electron chi connectivity index (χ3n) is 10.3. The van der Waals surface area contributed by atoms with Crippen molar-refractivity contribution in [2.24, 2.45) is 17.6 Å². The third-order valence-corrected chi connectivity index (χ3v) is 15.4. The molecule has 14 nitrogen and oxygen atoms in total. The fourth-order valence-corrected chi connectivity index (χ4v) is 10.9. The summed E-state index contributed by atoms with van der Waals surface area (Å²) in [5.74, 6) is -0.981. The monoisotopic (exact) mass is 1010 g/mol. The molecule has 3 heterocycles. The van der Waals surface area contributed by atoms with Crippen LogP contribution in [0.15, 0.2) is 87.5 Å². The zero-order valence-corrected chi connectivity index (χ0v) is 41.6. The van der Waals surface area contributed by atoms with Gasteiger partial charge in [0, 0.05) is 42.9 Å². The molecule has 6 rings (SSSR count). The number of hydrogen-bond acceptors (Lipinski definition) is 12. The highest BCUT2D eigenvalue weighted by Crippen LogP contribution is 2.25. The van der Waals surface area contributed by atoms with Crippen molar-refractivity contribution in [1.29, 1.82) is 0 Å². The fraction of sp³-hybridized carbons (Fsp3) is 0.556. The van der Waals surface area contributed by atoms with E-state index in [1.165, 1.54) is 36.4 Å². The number of piperidine rings is 3. The summed E-state index contributed by atoms with van der Waals surface area (Å²) in [5.41, 5.74) is 4.80. The summed E-state index contributed by atoms with van der Waals surface area (Å²) in [4.78, 5) is 27.2. The van der Waals surface area contributed by atoms with Crippen LogP contribution < -0.4 is 11.1 Å². The molecular formula is C45H64ClF3N4O10S3. The summed E-state index contributed by atoms with van der Waals surface area (Å²) in [6.07, 6.45) is 4.17. The Morgan fingerprint density at radius 1 is 0.576 bits per heavy atom.